The van der Waals surface area contributed by atoms with Crippen molar-refractivity contribution in [2.45, 2.75) is 38.8 Å². The van der Waals surface area contributed by atoms with Crippen molar-refractivity contribution in [3.8, 4) is 0 Å². The van der Waals surface area contributed by atoms with Gasteiger partial charge in [-0.1, -0.05) is 25.4 Å². The molecule has 1 N–H and O–H groups in total. The molecule has 0 aliphatic carbocycles. The van der Waals surface area contributed by atoms with Crippen LogP contribution in [0.2, 0.25) is 5.02 Å². The Kier molecular flexibility index (Phi) is 5.45. The van der Waals surface area contributed by atoms with E-state index in [1.807, 2.05) is 6.07 Å². The molecule has 1 rings (SSSR count). The second-order valence-corrected chi connectivity index (χ2v) is 6.08. The van der Waals surface area contributed by atoms with Crippen molar-refractivity contribution < 1.29 is 0 Å². The van der Waals surface area contributed by atoms with Crippen LogP contribution in [0.1, 0.15) is 38.1 Å². The summed E-state index contributed by atoms with van der Waals surface area (Å²) in [6.07, 6.45) is 1.08. The largest absolute Gasteiger partial charge is 0.308 e. The SMILES string of the molecule is CCNC(c1sccc1Cl)C(C)(CC)N(C)C. The van der Waals surface area contributed by atoms with Crippen LogP contribution in [0, 0.1) is 0 Å². The van der Waals surface area contributed by atoms with Gasteiger partial charge >= 0.3 is 0 Å². The van der Waals surface area contributed by atoms with Crippen LogP contribution < -0.4 is 5.32 Å². The Hall–Kier alpha value is -0.0900. The average Bonchev–Trinajstić information content (AvgIpc) is 2.71. The van der Waals surface area contributed by atoms with Gasteiger partial charge in [-0.05, 0) is 45.4 Å². The number of nitrogens with zero attached hydrogens (tertiary/aromatic N) is 1. The highest BCUT2D eigenvalue weighted by molar-refractivity contribution is 7.10. The Labute approximate surface area is 114 Å². The third-order valence-electron chi connectivity index (χ3n) is 3.67. The molecule has 0 fully saturated rings. The van der Waals surface area contributed by atoms with Gasteiger partial charge in [0.15, 0.2) is 0 Å². The topological polar surface area (TPSA) is 15.3 Å². The standard InChI is InChI=1S/C13H23ClN2S/c1-6-13(3,16(4)5)12(15-7-2)11-10(14)8-9-17-11/h8-9,12,15H,6-7H2,1-5H3. The summed E-state index contributed by atoms with van der Waals surface area (Å²) in [4.78, 5) is 3.53. The van der Waals surface area contributed by atoms with Gasteiger partial charge in [0.05, 0.1) is 11.1 Å². The van der Waals surface area contributed by atoms with Gasteiger partial charge in [-0.15, -0.1) is 11.3 Å². The van der Waals surface area contributed by atoms with Gasteiger partial charge in [0.2, 0.25) is 0 Å². The molecule has 2 nitrogen and oxygen atoms in total. The molecule has 1 aromatic rings. The van der Waals surface area contributed by atoms with E-state index in [0.29, 0.717) is 0 Å². The molecule has 0 aliphatic heterocycles. The molecule has 0 spiro atoms. The Morgan fingerprint density at radius 1 is 1.47 bits per heavy atom. The predicted octanol–water partition coefficient (Wildman–Crippen LogP) is 3.78. The minimum atomic E-state index is 0.0739. The van der Waals surface area contributed by atoms with Crippen LogP contribution in [0.5, 0.6) is 0 Å². The molecule has 2 unspecified atom stereocenters. The minimum Gasteiger partial charge on any atom is -0.308 e. The summed E-state index contributed by atoms with van der Waals surface area (Å²) in [5.74, 6) is 0. The van der Waals surface area contributed by atoms with Crippen molar-refractivity contribution in [3.05, 3.63) is 21.3 Å². The zero-order valence-electron chi connectivity index (χ0n) is 11.4. The molecule has 2 atom stereocenters. The third-order valence-corrected chi connectivity index (χ3v) is 5.10. The Bertz CT molecular complexity index is 351. The van der Waals surface area contributed by atoms with Crippen LogP contribution in [0.25, 0.3) is 0 Å². The third kappa shape index (κ3) is 3.02. The van der Waals surface area contributed by atoms with E-state index in [-0.39, 0.29) is 11.6 Å². The highest BCUT2D eigenvalue weighted by atomic mass is 35.5. The number of nitrogens with one attached hydrogen (secondary N) is 1. The molecule has 0 aromatic carbocycles. The summed E-state index contributed by atoms with van der Waals surface area (Å²) in [6.45, 7) is 7.60. The van der Waals surface area contributed by atoms with Crippen molar-refractivity contribution >= 4 is 22.9 Å². The van der Waals surface area contributed by atoms with Crippen LogP contribution in [0.4, 0.5) is 0 Å². The fourth-order valence-corrected chi connectivity index (χ4v) is 3.47. The summed E-state index contributed by atoms with van der Waals surface area (Å²) in [5, 5.41) is 6.52. The lowest BCUT2D eigenvalue weighted by atomic mass is 9.87. The Balaban J connectivity index is 3.12. The molecule has 0 bridgehead atoms. The molecule has 4 heteroatoms. The van der Waals surface area contributed by atoms with Crippen molar-refractivity contribution in [3.63, 3.8) is 0 Å². The summed E-state index contributed by atoms with van der Waals surface area (Å²) in [7, 11) is 4.27. The molecule has 0 saturated heterocycles. The first-order chi connectivity index (χ1) is 7.97. The van der Waals surface area contributed by atoms with E-state index in [0.717, 1.165) is 18.0 Å². The second-order valence-electron chi connectivity index (χ2n) is 4.73. The highest BCUT2D eigenvalue weighted by Gasteiger charge is 2.36. The fraction of sp³-hybridized carbons (Fsp3) is 0.692. The van der Waals surface area contributed by atoms with Gasteiger partial charge in [0, 0.05) is 10.4 Å². The average molecular weight is 275 g/mol. The maximum absolute atomic E-state index is 6.29. The molecule has 17 heavy (non-hydrogen) atoms. The molecule has 98 valence electrons. The van der Waals surface area contributed by atoms with Crippen LogP contribution in [-0.4, -0.2) is 31.1 Å². The van der Waals surface area contributed by atoms with Crippen molar-refractivity contribution in [1.82, 2.24) is 10.2 Å². The molecule has 0 saturated carbocycles. The van der Waals surface area contributed by atoms with Crippen LogP contribution in [0.15, 0.2) is 11.4 Å². The molecule has 0 amide bonds. The lowest BCUT2D eigenvalue weighted by Gasteiger charge is -2.42. The van der Waals surface area contributed by atoms with E-state index < -0.39 is 0 Å². The van der Waals surface area contributed by atoms with Crippen molar-refractivity contribution in [2.24, 2.45) is 0 Å². The molecular formula is C13H23ClN2S. The number of halogens is 1. The molecule has 1 heterocycles. The predicted molar refractivity (Wildman–Crippen MR) is 78.1 cm³/mol. The summed E-state index contributed by atoms with van der Waals surface area (Å²) in [5.41, 5.74) is 0.0739. The number of hydrogen-bond donors (Lipinski definition) is 1. The summed E-state index contributed by atoms with van der Waals surface area (Å²) in [6, 6.07) is 2.26. The van der Waals surface area contributed by atoms with E-state index in [2.05, 4.69) is 50.5 Å². The summed E-state index contributed by atoms with van der Waals surface area (Å²) < 4.78 is 0. The van der Waals surface area contributed by atoms with Crippen LogP contribution >= 0.6 is 22.9 Å². The normalized spacial score (nSPS) is 17.1. The fourth-order valence-electron chi connectivity index (χ4n) is 2.09. The molecule has 1 aromatic heterocycles. The van der Waals surface area contributed by atoms with Crippen LogP contribution in [0.3, 0.4) is 0 Å². The highest BCUT2D eigenvalue weighted by Crippen LogP contribution is 2.38. The lowest BCUT2D eigenvalue weighted by molar-refractivity contribution is 0.115. The Morgan fingerprint density at radius 3 is 2.47 bits per heavy atom. The van der Waals surface area contributed by atoms with E-state index in [9.17, 15) is 0 Å². The first-order valence-corrected chi connectivity index (χ1v) is 7.36. The van der Waals surface area contributed by atoms with Gasteiger partial charge < -0.3 is 10.2 Å². The monoisotopic (exact) mass is 274 g/mol. The second kappa shape index (κ2) is 6.19. The van der Waals surface area contributed by atoms with E-state index in [1.54, 1.807) is 11.3 Å². The maximum atomic E-state index is 6.29. The first-order valence-electron chi connectivity index (χ1n) is 6.11. The quantitative estimate of drug-likeness (QED) is 0.849. The summed E-state index contributed by atoms with van der Waals surface area (Å²) >= 11 is 8.03. The first kappa shape index (κ1) is 15.0. The number of likely N-dealkylation sites (N-methyl/N-ethyl adjacent to an activating group) is 2. The van der Waals surface area contributed by atoms with E-state index in [4.69, 9.17) is 11.6 Å². The van der Waals surface area contributed by atoms with E-state index in [1.165, 1.54) is 4.88 Å². The number of thiophene rings is 1. The molecule has 0 aliphatic rings. The van der Waals surface area contributed by atoms with Crippen molar-refractivity contribution in [2.75, 3.05) is 20.6 Å². The zero-order chi connectivity index (χ0) is 13.1. The zero-order valence-corrected chi connectivity index (χ0v) is 13.0. The van der Waals surface area contributed by atoms with Gasteiger partial charge in [-0.2, -0.15) is 0 Å². The lowest BCUT2D eigenvalue weighted by Crippen LogP contribution is -2.51. The molecular weight excluding hydrogens is 252 g/mol. The van der Waals surface area contributed by atoms with Crippen LogP contribution in [-0.2, 0) is 0 Å². The molecule has 0 radical (unpaired) electrons. The minimum absolute atomic E-state index is 0.0739. The number of rotatable bonds is 6. The van der Waals surface area contributed by atoms with Gasteiger partial charge in [-0.25, -0.2) is 0 Å². The number of hydrogen-bond acceptors (Lipinski definition) is 3. The van der Waals surface area contributed by atoms with E-state index >= 15 is 0 Å². The van der Waals surface area contributed by atoms with Gasteiger partial charge in [0.1, 0.15) is 0 Å². The van der Waals surface area contributed by atoms with Gasteiger partial charge in [0.25, 0.3) is 0 Å². The Morgan fingerprint density at radius 2 is 2.12 bits per heavy atom. The van der Waals surface area contributed by atoms with Gasteiger partial charge in [-0.3, -0.25) is 0 Å². The smallest absolute Gasteiger partial charge is 0.0613 e. The van der Waals surface area contributed by atoms with Crippen molar-refractivity contribution in [1.29, 1.82) is 0 Å². The maximum Gasteiger partial charge on any atom is 0.0613 e.